The Labute approximate surface area is 67.1 Å². The van der Waals surface area contributed by atoms with Crippen LogP contribution in [0.3, 0.4) is 0 Å². The third-order valence-electron chi connectivity index (χ3n) is 1.70. The van der Waals surface area contributed by atoms with E-state index in [1.54, 1.807) is 12.4 Å². The number of aryl methyl sites for hydroxylation is 1. The summed E-state index contributed by atoms with van der Waals surface area (Å²) in [6, 6.07) is 3.88. The molecule has 1 N–H and O–H groups in total. The summed E-state index contributed by atoms with van der Waals surface area (Å²) in [6.45, 7) is 2.18. The minimum atomic E-state index is 1.06. The van der Waals surface area contributed by atoms with E-state index in [0.29, 0.717) is 0 Å². The van der Waals surface area contributed by atoms with Gasteiger partial charge in [0, 0.05) is 16.9 Å². The second-order valence-corrected chi connectivity index (χ2v) is 2.69. The molecule has 0 amide bonds. The zero-order valence-corrected chi connectivity index (χ0v) is 6.83. The molecule has 1 aromatic rings. The lowest BCUT2D eigenvalue weighted by Crippen LogP contribution is -2.27. The van der Waals surface area contributed by atoms with E-state index in [9.17, 15) is 0 Å². The Morgan fingerprint density at radius 2 is 2.00 bits per heavy atom. The number of aromatic nitrogens is 1. The third kappa shape index (κ3) is 2.58. The van der Waals surface area contributed by atoms with E-state index in [2.05, 4.69) is 6.92 Å². The first-order valence-corrected chi connectivity index (χ1v) is 4.02. The Hall–Kier alpha value is -1.05. The molecule has 0 aliphatic carbocycles. The molecule has 60 valence electrons. The van der Waals surface area contributed by atoms with Gasteiger partial charge in [-0.25, -0.2) is 0 Å². The fraction of sp³-hybridized carbons (Fsp3) is 0.444. The van der Waals surface area contributed by atoms with E-state index in [-0.39, 0.29) is 0 Å². The third-order valence-corrected chi connectivity index (χ3v) is 1.70. The summed E-state index contributed by atoms with van der Waals surface area (Å²) >= 11 is 0. The van der Waals surface area contributed by atoms with Gasteiger partial charge in [0.25, 0.3) is 0 Å². The van der Waals surface area contributed by atoms with Crippen LogP contribution in [0.25, 0.3) is 0 Å². The molecule has 2 heteroatoms. The van der Waals surface area contributed by atoms with Gasteiger partial charge in [0.05, 0.1) is 0 Å². The van der Waals surface area contributed by atoms with Gasteiger partial charge in [-0.1, -0.05) is 13.3 Å². The van der Waals surface area contributed by atoms with Gasteiger partial charge in [-0.15, -0.1) is 0 Å². The van der Waals surface area contributed by atoms with E-state index in [4.69, 9.17) is 5.21 Å². The summed E-state index contributed by atoms with van der Waals surface area (Å²) < 4.78 is 1.06. The number of hydrogen-bond acceptors (Lipinski definition) is 1. The molecular weight excluding hydrogens is 138 g/mol. The molecule has 1 heterocycles. The maximum absolute atomic E-state index is 8.90. The Morgan fingerprint density at radius 3 is 2.55 bits per heavy atom. The molecule has 0 radical (unpaired) electrons. The molecule has 2 nitrogen and oxygen atoms in total. The van der Waals surface area contributed by atoms with Gasteiger partial charge in [-0.3, -0.25) is 5.21 Å². The van der Waals surface area contributed by atoms with Gasteiger partial charge >= 0.3 is 0 Å². The number of rotatable bonds is 3. The minimum Gasteiger partial charge on any atom is -0.285 e. The highest BCUT2D eigenvalue weighted by Gasteiger charge is 1.95. The van der Waals surface area contributed by atoms with Crippen LogP contribution in [0, 0.1) is 0 Å². The van der Waals surface area contributed by atoms with Crippen molar-refractivity contribution in [2.75, 3.05) is 0 Å². The highest BCUT2D eigenvalue weighted by Crippen LogP contribution is 2.01. The zero-order chi connectivity index (χ0) is 8.10. The summed E-state index contributed by atoms with van der Waals surface area (Å²) in [6.07, 6.45) is 6.86. The van der Waals surface area contributed by atoms with Crippen LogP contribution >= 0.6 is 0 Å². The lowest BCUT2D eigenvalue weighted by molar-refractivity contribution is -0.904. The first kappa shape index (κ1) is 8.05. The normalized spacial score (nSPS) is 9.91. The Morgan fingerprint density at radius 1 is 1.36 bits per heavy atom. The van der Waals surface area contributed by atoms with Crippen LogP contribution in [-0.2, 0) is 6.42 Å². The average Bonchev–Trinajstić information content (AvgIpc) is 2.04. The van der Waals surface area contributed by atoms with E-state index >= 15 is 0 Å². The van der Waals surface area contributed by atoms with Crippen molar-refractivity contribution in [2.24, 2.45) is 0 Å². The maximum Gasteiger partial charge on any atom is 0.222 e. The predicted molar refractivity (Wildman–Crippen MR) is 42.4 cm³/mol. The smallest absolute Gasteiger partial charge is 0.222 e. The van der Waals surface area contributed by atoms with Gasteiger partial charge in [0.1, 0.15) is 0 Å². The van der Waals surface area contributed by atoms with Crippen molar-refractivity contribution in [1.29, 1.82) is 0 Å². The van der Waals surface area contributed by atoms with Gasteiger partial charge < -0.3 is 0 Å². The molecule has 1 rings (SSSR count). The molecule has 0 aliphatic rings. The molecular formula is C9H14NO+. The monoisotopic (exact) mass is 152 g/mol. The summed E-state index contributed by atoms with van der Waals surface area (Å²) in [5.41, 5.74) is 1.29. The van der Waals surface area contributed by atoms with E-state index in [0.717, 1.165) is 11.2 Å². The SMILES string of the molecule is CCCCc1cc[n+](O)cc1. The maximum atomic E-state index is 8.90. The van der Waals surface area contributed by atoms with Crippen LogP contribution in [0.2, 0.25) is 0 Å². The average molecular weight is 152 g/mol. The summed E-state index contributed by atoms with van der Waals surface area (Å²) in [4.78, 5) is 0. The molecule has 0 atom stereocenters. The van der Waals surface area contributed by atoms with Crippen LogP contribution in [0.4, 0.5) is 0 Å². The molecule has 0 unspecified atom stereocenters. The van der Waals surface area contributed by atoms with Gasteiger partial charge in [0.2, 0.25) is 12.4 Å². The predicted octanol–water partition coefficient (Wildman–Crippen LogP) is 1.55. The molecule has 0 aromatic carbocycles. The molecule has 0 aliphatic heterocycles. The van der Waals surface area contributed by atoms with Crippen LogP contribution in [-0.4, -0.2) is 5.21 Å². The molecule has 0 spiro atoms. The first-order valence-electron chi connectivity index (χ1n) is 4.02. The molecule has 0 bridgehead atoms. The summed E-state index contributed by atoms with van der Waals surface area (Å²) in [7, 11) is 0. The Kier molecular flexibility index (Phi) is 2.90. The van der Waals surface area contributed by atoms with Crippen LogP contribution < -0.4 is 4.73 Å². The number of unbranched alkanes of at least 4 members (excludes halogenated alkanes) is 1. The standard InChI is InChI=1S/C9H14NO/c1-2-3-4-9-5-7-10(11)8-6-9/h5-8,11H,2-4H2,1H3/q+1. The minimum absolute atomic E-state index is 1.06. The largest absolute Gasteiger partial charge is 0.285 e. The van der Waals surface area contributed by atoms with Crippen molar-refractivity contribution in [1.82, 2.24) is 0 Å². The van der Waals surface area contributed by atoms with Crippen LogP contribution in [0.1, 0.15) is 25.3 Å². The van der Waals surface area contributed by atoms with Crippen molar-refractivity contribution >= 4 is 0 Å². The Balaban J connectivity index is 2.52. The highest BCUT2D eigenvalue weighted by atomic mass is 16.5. The fourth-order valence-corrected chi connectivity index (χ4v) is 0.997. The summed E-state index contributed by atoms with van der Waals surface area (Å²) in [5, 5.41) is 8.90. The summed E-state index contributed by atoms with van der Waals surface area (Å²) in [5.74, 6) is 0. The molecule has 0 saturated carbocycles. The molecule has 11 heavy (non-hydrogen) atoms. The molecule has 1 aromatic heterocycles. The van der Waals surface area contributed by atoms with Crippen molar-refractivity contribution < 1.29 is 9.94 Å². The first-order chi connectivity index (χ1) is 5.33. The fourth-order valence-electron chi connectivity index (χ4n) is 0.997. The molecule has 0 saturated heterocycles. The van der Waals surface area contributed by atoms with Crippen molar-refractivity contribution in [3.8, 4) is 0 Å². The van der Waals surface area contributed by atoms with Crippen molar-refractivity contribution in [2.45, 2.75) is 26.2 Å². The topological polar surface area (TPSA) is 24.1 Å². The Bertz CT molecular complexity index is 205. The van der Waals surface area contributed by atoms with Crippen molar-refractivity contribution in [3.05, 3.63) is 30.1 Å². The van der Waals surface area contributed by atoms with Crippen molar-refractivity contribution in [3.63, 3.8) is 0 Å². The van der Waals surface area contributed by atoms with Gasteiger partial charge in [-0.05, 0) is 18.4 Å². The second kappa shape index (κ2) is 3.96. The zero-order valence-electron chi connectivity index (χ0n) is 6.83. The van der Waals surface area contributed by atoms with Gasteiger partial charge in [0.15, 0.2) is 0 Å². The quantitative estimate of drug-likeness (QED) is 0.515. The van der Waals surface area contributed by atoms with Crippen LogP contribution in [0.5, 0.6) is 0 Å². The molecule has 0 fully saturated rings. The lowest BCUT2D eigenvalue weighted by atomic mass is 10.1. The number of hydrogen-bond donors (Lipinski definition) is 1. The van der Waals surface area contributed by atoms with Gasteiger partial charge in [-0.2, -0.15) is 0 Å². The lowest BCUT2D eigenvalue weighted by Gasteiger charge is -1.94. The van der Waals surface area contributed by atoms with E-state index in [1.165, 1.54) is 18.4 Å². The van der Waals surface area contributed by atoms with Crippen LogP contribution in [0.15, 0.2) is 24.5 Å². The number of nitrogens with zero attached hydrogens (tertiary/aromatic N) is 1. The highest BCUT2D eigenvalue weighted by molar-refractivity contribution is 5.06. The number of pyridine rings is 1. The van der Waals surface area contributed by atoms with E-state index in [1.807, 2.05) is 12.1 Å². The second-order valence-electron chi connectivity index (χ2n) is 2.69. The van der Waals surface area contributed by atoms with E-state index < -0.39 is 0 Å².